The Morgan fingerprint density at radius 2 is 2.28 bits per heavy atom. The third kappa shape index (κ3) is 3.66. The molecule has 0 spiro atoms. The number of nitrogens with zero attached hydrogens (tertiary/aromatic N) is 3. The van der Waals surface area contributed by atoms with E-state index in [0.29, 0.717) is 25.0 Å². The van der Waals surface area contributed by atoms with Crippen LogP contribution in [0.4, 0.5) is 5.95 Å². The van der Waals surface area contributed by atoms with Crippen LogP contribution in [-0.2, 0) is 6.54 Å². The topological polar surface area (TPSA) is 59.9 Å². The molecule has 0 saturated heterocycles. The van der Waals surface area contributed by atoms with Gasteiger partial charge in [0.1, 0.15) is 0 Å². The maximum atomic E-state index is 5.51. The maximum absolute atomic E-state index is 5.51. The first kappa shape index (κ1) is 12.8. The predicted molar refractivity (Wildman–Crippen MR) is 72.0 cm³/mol. The molecule has 0 saturated carbocycles. The molecule has 5 nitrogen and oxygen atoms in total. The van der Waals surface area contributed by atoms with E-state index in [1.165, 1.54) is 0 Å². The summed E-state index contributed by atoms with van der Waals surface area (Å²) in [5.41, 5.74) is 2.70. The normalized spacial score (nSPS) is 10.3. The molecule has 0 amide bonds. The second-order valence-electron chi connectivity index (χ2n) is 3.84. The van der Waals surface area contributed by atoms with Gasteiger partial charge in [-0.3, -0.25) is 4.98 Å². The van der Waals surface area contributed by atoms with Crippen molar-refractivity contribution < 1.29 is 4.74 Å². The van der Waals surface area contributed by atoms with E-state index in [2.05, 4.69) is 27.2 Å². The molecule has 0 fully saturated rings. The molecule has 0 aromatic carbocycles. The number of aryl methyl sites for hydroxylation is 1. The Kier molecular flexibility index (Phi) is 4.46. The van der Waals surface area contributed by atoms with Crippen LogP contribution in [-0.4, -0.2) is 21.6 Å². The van der Waals surface area contributed by atoms with E-state index in [4.69, 9.17) is 4.74 Å². The highest BCUT2D eigenvalue weighted by Crippen LogP contribution is 2.14. The summed E-state index contributed by atoms with van der Waals surface area (Å²) in [6, 6.07) is 1.84. The minimum absolute atomic E-state index is 0.592. The first-order valence-electron chi connectivity index (χ1n) is 5.87. The lowest BCUT2D eigenvalue weighted by molar-refractivity contribution is 0.305. The largest absolute Gasteiger partial charge is 0.478 e. The fourth-order valence-electron chi connectivity index (χ4n) is 1.39. The zero-order chi connectivity index (χ0) is 12.8. The van der Waals surface area contributed by atoms with Crippen molar-refractivity contribution in [2.45, 2.75) is 26.8 Å². The highest BCUT2D eigenvalue weighted by atomic mass is 32.1. The molecule has 96 valence electrons. The first-order valence-corrected chi connectivity index (χ1v) is 6.75. The van der Waals surface area contributed by atoms with Gasteiger partial charge in [-0.15, -0.1) is 11.3 Å². The molecule has 6 heteroatoms. The number of hydrogen-bond acceptors (Lipinski definition) is 6. The van der Waals surface area contributed by atoms with Crippen molar-refractivity contribution in [2.75, 3.05) is 11.9 Å². The van der Waals surface area contributed by atoms with E-state index < -0.39 is 0 Å². The van der Waals surface area contributed by atoms with Crippen LogP contribution in [0, 0.1) is 6.92 Å². The van der Waals surface area contributed by atoms with E-state index in [1.807, 2.05) is 24.7 Å². The third-order valence-electron chi connectivity index (χ3n) is 2.19. The summed E-state index contributed by atoms with van der Waals surface area (Å²) < 4.78 is 5.51. The molecule has 18 heavy (non-hydrogen) atoms. The monoisotopic (exact) mass is 264 g/mol. The third-order valence-corrected chi connectivity index (χ3v) is 2.97. The Morgan fingerprint density at radius 1 is 1.39 bits per heavy atom. The number of thiazole rings is 1. The van der Waals surface area contributed by atoms with Gasteiger partial charge in [-0.25, -0.2) is 4.98 Å². The van der Waals surface area contributed by atoms with Gasteiger partial charge in [-0.05, 0) is 13.3 Å². The quantitative estimate of drug-likeness (QED) is 0.869. The minimum atomic E-state index is 0.592. The lowest BCUT2D eigenvalue weighted by Gasteiger charge is -2.08. The number of nitrogens with one attached hydrogen (secondary N) is 1. The molecular formula is C12H16N4OS. The van der Waals surface area contributed by atoms with Crippen LogP contribution in [0.5, 0.6) is 5.88 Å². The molecule has 1 N–H and O–H groups in total. The lowest BCUT2D eigenvalue weighted by atomic mass is 10.4. The summed E-state index contributed by atoms with van der Waals surface area (Å²) in [6.45, 7) is 5.35. The molecule has 2 aromatic rings. The summed E-state index contributed by atoms with van der Waals surface area (Å²) in [6.07, 6.45) is 2.80. The summed E-state index contributed by atoms with van der Waals surface area (Å²) in [4.78, 5) is 13.8. The van der Waals surface area contributed by atoms with Crippen LogP contribution >= 0.6 is 11.3 Å². The SMILES string of the molecule is CCCOc1cc(C)nc(NCc2cncs2)n1. The van der Waals surface area contributed by atoms with E-state index in [9.17, 15) is 0 Å². The summed E-state index contributed by atoms with van der Waals surface area (Å²) in [5, 5.41) is 3.17. The molecule has 2 rings (SSSR count). The van der Waals surface area contributed by atoms with Crippen LogP contribution in [0.3, 0.4) is 0 Å². The second-order valence-corrected chi connectivity index (χ2v) is 4.81. The van der Waals surface area contributed by atoms with Crippen molar-refractivity contribution in [3.05, 3.63) is 28.3 Å². The van der Waals surface area contributed by atoms with Crippen molar-refractivity contribution in [3.8, 4) is 5.88 Å². The van der Waals surface area contributed by atoms with Crippen molar-refractivity contribution in [1.82, 2.24) is 15.0 Å². The number of ether oxygens (including phenoxy) is 1. The van der Waals surface area contributed by atoms with Gasteiger partial charge in [0, 0.05) is 22.8 Å². The Balaban J connectivity index is 2.00. The number of rotatable bonds is 6. The van der Waals surface area contributed by atoms with E-state index in [0.717, 1.165) is 17.0 Å². The minimum Gasteiger partial charge on any atom is -0.478 e. The zero-order valence-corrected chi connectivity index (χ0v) is 11.3. The molecular weight excluding hydrogens is 248 g/mol. The fourth-order valence-corrected chi connectivity index (χ4v) is 1.93. The Labute approximate surface area is 110 Å². The van der Waals surface area contributed by atoms with Gasteiger partial charge < -0.3 is 10.1 Å². The Hall–Kier alpha value is -1.69. The molecule has 0 radical (unpaired) electrons. The summed E-state index contributed by atoms with van der Waals surface area (Å²) >= 11 is 1.60. The molecule has 0 atom stereocenters. The van der Waals surface area contributed by atoms with Gasteiger partial charge in [-0.2, -0.15) is 4.98 Å². The molecule has 2 aromatic heterocycles. The van der Waals surface area contributed by atoms with Crippen LogP contribution in [0.15, 0.2) is 17.8 Å². The van der Waals surface area contributed by atoms with Crippen molar-refractivity contribution in [3.63, 3.8) is 0 Å². The molecule has 0 aliphatic rings. The lowest BCUT2D eigenvalue weighted by Crippen LogP contribution is -2.06. The van der Waals surface area contributed by atoms with Crippen LogP contribution in [0.2, 0.25) is 0 Å². The van der Waals surface area contributed by atoms with Crippen molar-refractivity contribution in [2.24, 2.45) is 0 Å². The smallest absolute Gasteiger partial charge is 0.226 e. The fraction of sp³-hybridized carbons (Fsp3) is 0.417. The Morgan fingerprint density at radius 3 is 3.00 bits per heavy atom. The predicted octanol–water partition coefficient (Wildman–Crippen LogP) is 2.64. The van der Waals surface area contributed by atoms with Gasteiger partial charge in [0.25, 0.3) is 0 Å². The Bertz CT molecular complexity index is 487. The van der Waals surface area contributed by atoms with Crippen LogP contribution < -0.4 is 10.1 Å². The summed E-state index contributed by atoms with van der Waals surface area (Å²) in [5.74, 6) is 1.21. The van der Waals surface area contributed by atoms with Crippen molar-refractivity contribution >= 4 is 17.3 Å². The van der Waals surface area contributed by atoms with Crippen LogP contribution in [0.1, 0.15) is 23.9 Å². The number of hydrogen-bond donors (Lipinski definition) is 1. The molecule has 0 bridgehead atoms. The average molecular weight is 264 g/mol. The maximum Gasteiger partial charge on any atom is 0.226 e. The first-order chi connectivity index (χ1) is 8.78. The molecule has 0 aliphatic carbocycles. The van der Waals surface area contributed by atoms with E-state index >= 15 is 0 Å². The second kappa shape index (κ2) is 6.30. The van der Waals surface area contributed by atoms with Gasteiger partial charge >= 0.3 is 0 Å². The number of aromatic nitrogens is 3. The molecule has 0 unspecified atom stereocenters. The summed E-state index contributed by atoms with van der Waals surface area (Å²) in [7, 11) is 0. The molecule has 0 aliphatic heterocycles. The van der Waals surface area contributed by atoms with Gasteiger partial charge in [0.15, 0.2) is 0 Å². The average Bonchev–Trinajstić information content (AvgIpc) is 2.86. The highest BCUT2D eigenvalue weighted by molar-refractivity contribution is 7.09. The number of anilines is 1. The standard InChI is InChI=1S/C12H16N4OS/c1-3-4-17-11-5-9(2)15-12(16-11)14-7-10-6-13-8-18-10/h5-6,8H,3-4,7H2,1-2H3,(H,14,15,16). The van der Waals surface area contributed by atoms with Gasteiger partial charge in [0.2, 0.25) is 11.8 Å². The van der Waals surface area contributed by atoms with Gasteiger partial charge in [0.05, 0.1) is 18.7 Å². The van der Waals surface area contributed by atoms with E-state index in [-0.39, 0.29) is 0 Å². The highest BCUT2D eigenvalue weighted by Gasteiger charge is 2.03. The van der Waals surface area contributed by atoms with Crippen molar-refractivity contribution in [1.29, 1.82) is 0 Å². The zero-order valence-electron chi connectivity index (χ0n) is 10.5. The van der Waals surface area contributed by atoms with Gasteiger partial charge in [-0.1, -0.05) is 6.92 Å². The van der Waals surface area contributed by atoms with E-state index in [1.54, 1.807) is 11.3 Å². The van der Waals surface area contributed by atoms with Crippen LogP contribution in [0.25, 0.3) is 0 Å². The molecule has 2 heterocycles.